The Morgan fingerprint density at radius 1 is 1.36 bits per heavy atom. The molecule has 1 aromatic heterocycles. The van der Waals surface area contributed by atoms with E-state index in [1.165, 1.54) is 6.42 Å². The second-order valence-corrected chi connectivity index (χ2v) is 6.97. The van der Waals surface area contributed by atoms with Gasteiger partial charge in [0.15, 0.2) is 0 Å². The highest BCUT2D eigenvalue weighted by atomic mass is 16.3. The number of pyridine rings is 1. The van der Waals surface area contributed by atoms with Gasteiger partial charge < -0.3 is 5.11 Å². The summed E-state index contributed by atoms with van der Waals surface area (Å²) >= 11 is 0. The van der Waals surface area contributed by atoms with E-state index in [-0.39, 0.29) is 6.04 Å². The maximum absolute atomic E-state index is 11.0. The van der Waals surface area contributed by atoms with Crippen LogP contribution in [0.1, 0.15) is 24.5 Å². The molecule has 3 fully saturated rings. The Labute approximate surface area is 130 Å². The minimum Gasteiger partial charge on any atom is -0.387 e. The van der Waals surface area contributed by atoms with Crippen LogP contribution in [0.4, 0.5) is 0 Å². The average molecular weight is 292 g/mol. The van der Waals surface area contributed by atoms with Crippen molar-refractivity contribution in [3.8, 4) is 0 Å². The summed E-state index contributed by atoms with van der Waals surface area (Å²) in [7, 11) is 0. The molecular formula is C19H20N2O. The van der Waals surface area contributed by atoms with Crippen LogP contribution in [0.15, 0.2) is 49.2 Å². The molecule has 5 atom stereocenters. The molecule has 3 unspecified atom stereocenters. The first-order valence-electron chi connectivity index (χ1n) is 8.18. The second kappa shape index (κ2) is 4.18. The van der Waals surface area contributed by atoms with Crippen molar-refractivity contribution in [2.75, 3.05) is 6.54 Å². The molecule has 112 valence electrons. The summed E-state index contributed by atoms with van der Waals surface area (Å²) in [6.45, 7) is 5.12. The highest BCUT2D eigenvalue weighted by Gasteiger charge is 2.76. The SMILES string of the molecule is C=CC1C2CCN3[C@H]([C@H](O)c4ccnc5ccccc45)CC123. The third-order valence-electron chi connectivity index (χ3n) is 6.32. The quantitative estimate of drug-likeness (QED) is 0.884. The Bertz CT molecular complexity index is 768. The fraction of sp³-hybridized carbons (Fsp3) is 0.421. The van der Waals surface area contributed by atoms with E-state index in [9.17, 15) is 5.11 Å². The van der Waals surface area contributed by atoms with Gasteiger partial charge >= 0.3 is 0 Å². The Balaban J connectivity index is 1.48. The van der Waals surface area contributed by atoms with Crippen molar-refractivity contribution >= 4 is 10.9 Å². The molecule has 5 rings (SSSR count). The van der Waals surface area contributed by atoms with Crippen LogP contribution in [0.3, 0.4) is 0 Å². The normalized spacial score (nSPS) is 37.2. The first-order valence-corrected chi connectivity index (χ1v) is 8.18. The number of benzene rings is 1. The van der Waals surface area contributed by atoms with Crippen LogP contribution >= 0.6 is 0 Å². The van der Waals surface area contributed by atoms with Crippen LogP contribution in [0.2, 0.25) is 0 Å². The van der Waals surface area contributed by atoms with Crippen LogP contribution < -0.4 is 0 Å². The number of aliphatic hydroxyl groups is 1. The lowest BCUT2D eigenvalue weighted by Crippen LogP contribution is -2.59. The molecule has 2 saturated heterocycles. The summed E-state index contributed by atoms with van der Waals surface area (Å²) in [4.78, 5) is 6.95. The summed E-state index contributed by atoms with van der Waals surface area (Å²) in [6, 6.07) is 10.3. The number of hydrogen-bond acceptors (Lipinski definition) is 3. The molecule has 0 bridgehead atoms. The molecule has 0 radical (unpaired) electrons. The average Bonchev–Trinajstić information content (AvgIpc) is 3.12. The topological polar surface area (TPSA) is 36.4 Å². The summed E-state index contributed by atoms with van der Waals surface area (Å²) in [5, 5.41) is 12.1. The van der Waals surface area contributed by atoms with Crippen LogP contribution in [0.25, 0.3) is 10.9 Å². The lowest BCUT2D eigenvalue weighted by Gasteiger charge is -2.50. The summed E-state index contributed by atoms with van der Waals surface area (Å²) < 4.78 is 0. The summed E-state index contributed by atoms with van der Waals surface area (Å²) in [5.74, 6) is 1.45. The first kappa shape index (κ1) is 12.8. The van der Waals surface area contributed by atoms with Crippen molar-refractivity contribution in [1.82, 2.24) is 9.88 Å². The zero-order valence-electron chi connectivity index (χ0n) is 12.5. The maximum atomic E-state index is 11.0. The van der Waals surface area contributed by atoms with Gasteiger partial charge in [0.2, 0.25) is 0 Å². The van der Waals surface area contributed by atoms with Crippen LogP contribution in [-0.2, 0) is 0 Å². The van der Waals surface area contributed by atoms with Gasteiger partial charge in [-0.25, -0.2) is 0 Å². The van der Waals surface area contributed by atoms with Crippen molar-refractivity contribution in [2.24, 2.45) is 11.8 Å². The van der Waals surface area contributed by atoms with Gasteiger partial charge in [0.1, 0.15) is 0 Å². The van der Waals surface area contributed by atoms with Crippen LogP contribution in [0.5, 0.6) is 0 Å². The molecule has 3 aliphatic rings. The number of piperidine rings is 1. The van der Waals surface area contributed by atoms with E-state index < -0.39 is 6.10 Å². The Hall–Kier alpha value is -1.71. The van der Waals surface area contributed by atoms with Crippen molar-refractivity contribution < 1.29 is 5.11 Å². The summed E-state index contributed by atoms with van der Waals surface area (Å²) in [5.41, 5.74) is 2.34. The van der Waals surface area contributed by atoms with Gasteiger partial charge in [-0.15, -0.1) is 6.58 Å². The molecular weight excluding hydrogens is 272 g/mol. The van der Waals surface area contributed by atoms with E-state index in [1.54, 1.807) is 0 Å². The molecule has 22 heavy (non-hydrogen) atoms. The molecule has 1 saturated carbocycles. The monoisotopic (exact) mass is 292 g/mol. The number of hydrogen-bond donors (Lipinski definition) is 1. The van der Waals surface area contributed by atoms with Crippen LogP contribution in [-0.4, -0.2) is 33.1 Å². The fourth-order valence-corrected chi connectivity index (χ4v) is 5.30. The van der Waals surface area contributed by atoms with Crippen molar-refractivity contribution in [3.63, 3.8) is 0 Å². The minimum atomic E-state index is -0.427. The molecule has 1 N–H and O–H groups in total. The molecule has 3 heteroatoms. The number of fused-ring (bicyclic) bond motifs is 1. The Kier molecular flexibility index (Phi) is 2.43. The van der Waals surface area contributed by atoms with Crippen molar-refractivity contribution in [1.29, 1.82) is 0 Å². The number of para-hydroxylation sites is 1. The van der Waals surface area contributed by atoms with Gasteiger partial charge in [0.25, 0.3) is 0 Å². The molecule has 1 aromatic carbocycles. The largest absolute Gasteiger partial charge is 0.387 e. The molecule has 2 aliphatic heterocycles. The number of nitrogens with zero attached hydrogens (tertiary/aromatic N) is 2. The highest BCUT2D eigenvalue weighted by molar-refractivity contribution is 5.82. The molecule has 0 amide bonds. The summed E-state index contributed by atoms with van der Waals surface area (Å²) in [6.07, 6.45) is 5.87. The lowest BCUT2D eigenvalue weighted by atomic mass is 9.82. The molecule has 3 nitrogen and oxygen atoms in total. The van der Waals surface area contributed by atoms with Crippen LogP contribution in [0, 0.1) is 11.8 Å². The third kappa shape index (κ3) is 1.37. The van der Waals surface area contributed by atoms with Gasteiger partial charge in [0, 0.05) is 23.2 Å². The standard InChI is InChI=1S/C19H20N2O/c1-2-14-15-8-10-21-17(11-19(14,15)21)18(22)13-7-9-20-16-6-4-3-5-12(13)16/h2-7,9,14-15,17-18,22H,1,8,10-11H2/t14?,15?,17-,18+,19?/m0/s1. The predicted octanol–water partition coefficient (Wildman–Crippen LogP) is 2.92. The fourth-order valence-electron chi connectivity index (χ4n) is 5.30. The number of rotatable bonds is 3. The van der Waals surface area contributed by atoms with Crippen molar-refractivity contribution in [3.05, 3.63) is 54.7 Å². The van der Waals surface area contributed by atoms with E-state index in [2.05, 4.69) is 28.6 Å². The van der Waals surface area contributed by atoms with E-state index in [4.69, 9.17) is 0 Å². The smallest absolute Gasteiger partial charge is 0.0953 e. The first-order chi connectivity index (χ1) is 10.8. The van der Waals surface area contributed by atoms with E-state index in [0.717, 1.165) is 35.3 Å². The predicted molar refractivity (Wildman–Crippen MR) is 86.3 cm³/mol. The second-order valence-electron chi connectivity index (χ2n) is 6.97. The number of aliphatic hydroxyl groups excluding tert-OH is 1. The van der Waals surface area contributed by atoms with Crippen molar-refractivity contribution in [2.45, 2.75) is 30.5 Å². The van der Waals surface area contributed by atoms with E-state index in [1.807, 2.05) is 30.5 Å². The molecule has 3 heterocycles. The van der Waals surface area contributed by atoms with Gasteiger partial charge in [-0.1, -0.05) is 24.3 Å². The Morgan fingerprint density at radius 2 is 2.23 bits per heavy atom. The highest BCUT2D eigenvalue weighted by Crippen LogP contribution is 2.71. The maximum Gasteiger partial charge on any atom is 0.0953 e. The molecule has 1 spiro atoms. The minimum absolute atomic E-state index is 0.251. The van der Waals surface area contributed by atoms with Gasteiger partial charge in [0.05, 0.1) is 11.6 Å². The van der Waals surface area contributed by atoms with Gasteiger partial charge in [-0.3, -0.25) is 9.88 Å². The zero-order chi connectivity index (χ0) is 14.9. The third-order valence-corrected chi connectivity index (χ3v) is 6.32. The molecule has 2 aromatic rings. The Morgan fingerprint density at radius 3 is 3.05 bits per heavy atom. The van der Waals surface area contributed by atoms with Gasteiger partial charge in [-0.2, -0.15) is 0 Å². The van der Waals surface area contributed by atoms with E-state index >= 15 is 0 Å². The van der Waals surface area contributed by atoms with Gasteiger partial charge in [-0.05, 0) is 48.9 Å². The zero-order valence-corrected chi connectivity index (χ0v) is 12.5. The number of aromatic nitrogens is 1. The van der Waals surface area contributed by atoms with E-state index in [0.29, 0.717) is 11.5 Å². The lowest BCUT2D eigenvalue weighted by molar-refractivity contribution is -0.0656. The molecule has 1 aliphatic carbocycles.